The Bertz CT molecular complexity index is 847. The van der Waals surface area contributed by atoms with E-state index in [9.17, 15) is 9.59 Å². The summed E-state index contributed by atoms with van der Waals surface area (Å²) in [4.78, 5) is 30.5. The number of likely N-dealkylation sites (tertiary alicyclic amines) is 1. The van der Waals surface area contributed by atoms with E-state index >= 15 is 0 Å². The van der Waals surface area contributed by atoms with Gasteiger partial charge in [-0.2, -0.15) is 0 Å². The molecule has 0 radical (unpaired) electrons. The van der Waals surface area contributed by atoms with Crippen LogP contribution in [0.4, 0.5) is 4.79 Å². The van der Waals surface area contributed by atoms with Crippen LogP contribution in [0, 0.1) is 0 Å². The van der Waals surface area contributed by atoms with Crippen LogP contribution in [0.15, 0.2) is 24.5 Å². The minimum absolute atomic E-state index is 0.134. The lowest BCUT2D eigenvalue weighted by Gasteiger charge is -2.32. The van der Waals surface area contributed by atoms with Crippen molar-refractivity contribution >= 4 is 17.7 Å². The third-order valence-corrected chi connectivity index (χ3v) is 4.62. The zero-order valence-electron chi connectivity index (χ0n) is 16.9. The molecule has 3 rings (SSSR count). The number of hydrogen-bond acceptors (Lipinski definition) is 6. The number of ether oxygens (including phenoxy) is 2. The summed E-state index contributed by atoms with van der Waals surface area (Å²) in [6.45, 7) is 8.06. The summed E-state index contributed by atoms with van der Waals surface area (Å²) in [6.07, 6.45) is 5.06. The summed E-state index contributed by atoms with van der Waals surface area (Å²) in [6, 6.07) is 3.66. The number of fused-ring (bicyclic) bond motifs is 1. The minimum Gasteiger partial charge on any atom is -0.465 e. The molecule has 1 saturated heterocycles. The minimum atomic E-state index is -0.484. The Morgan fingerprint density at radius 1 is 1.21 bits per heavy atom. The molecule has 2 aromatic heterocycles. The normalized spacial score (nSPS) is 16.1. The van der Waals surface area contributed by atoms with Crippen LogP contribution in [0.2, 0.25) is 0 Å². The number of imidazole rings is 1. The van der Waals surface area contributed by atoms with Gasteiger partial charge in [0.15, 0.2) is 0 Å². The van der Waals surface area contributed by atoms with Crippen LogP contribution >= 0.6 is 0 Å². The number of carbonyl (C=O) groups excluding carboxylic acids is 2. The Morgan fingerprint density at radius 3 is 2.57 bits per heavy atom. The Morgan fingerprint density at radius 2 is 1.93 bits per heavy atom. The molecule has 1 N–H and O–H groups in total. The molecule has 1 amide bonds. The predicted octanol–water partition coefficient (Wildman–Crippen LogP) is 2.61. The number of carbonyl (C=O) groups is 2. The molecule has 0 aliphatic carbocycles. The summed E-state index contributed by atoms with van der Waals surface area (Å²) in [5, 5.41) is 2.95. The van der Waals surface area contributed by atoms with Crippen molar-refractivity contribution < 1.29 is 19.1 Å². The smallest absolute Gasteiger partial charge is 0.407 e. The maximum absolute atomic E-state index is 11.9. The van der Waals surface area contributed by atoms with Crippen molar-refractivity contribution in [1.29, 1.82) is 0 Å². The first-order valence-electron chi connectivity index (χ1n) is 9.51. The number of amides is 1. The fourth-order valence-electron chi connectivity index (χ4n) is 3.30. The van der Waals surface area contributed by atoms with Crippen LogP contribution in [0.25, 0.3) is 5.65 Å². The standard InChI is InChI=1S/C20H28N4O4/c1-20(2,3)28-19(26)22-15-7-9-23(10-8-15)12-16-13-24-11-14(18(25)27-4)5-6-17(24)21-16/h5-6,11,13,15H,7-10,12H2,1-4H3,(H,22,26). The molecule has 0 bridgehead atoms. The summed E-state index contributed by atoms with van der Waals surface area (Å²) in [5.41, 5.74) is 1.75. The van der Waals surface area contributed by atoms with Crippen LogP contribution in [-0.4, -0.2) is 58.2 Å². The van der Waals surface area contributed by atoms with Crippen LogP contribution in [0.1, 0.15) is 49.7 Å². The molecule has 1 fully saturated rings. The van der Waals surface area contributed by atoms with E-state index in [2.05, 4.69) is 15.2 Å². The van der Waals surface area contributed by atoms with Gasteiger partial charge in [0.25, 0.3) is 0 Å². The fourth-order valence-corrected chi connectivity index (χ4v) is 3.30. The Kier molecular flexibility index (Phi) is 5.88. The summed E-state index contributed by atoms with van der Waals surface area (Å²) in [7, 11) is 1.37. The summed E-state index contributed by atoms with van der Waals surface area (Å²) >= 11 is 0. The van der Waals surface area contributed by atoms with E-state index < -0.39 is 5.60 Å². The monoisotopic (exact) mass is 388 g/mol. The number of hydrogen-bond donors (Lipinski definition) is 1. The molecular formula is C20H28N4O4. The molecule has 0 unspecified atom stereocenters. The van der Waals surface area contributed by atoms with Gasteiger partial charge in [-0.15, -0.1) is 0 Å². The quantitative estimate of drug-likeness (QED) is 0.811. The fraction of sp³-hybridized carbons (Fsp3) is 0.550. The second-order valence-electron chi connectivity index (χ2n) is 8.10. The molecule has 1 aliphatic heterocycles. The largest absolute Gasteiger partial charge is 0.465 e. The number of aromatic nitrogens is 2. The van der Waals surface area contributed by atoms with E-state index in [4.69, 9.17) is 9.47 Å². The highest BCUT2D eigenvalue weighted by Crippen LogP contribution is 2.16. The first-order chi connectivity index (χ1) is 13.2. The average Bonchev–Trinajstić information content (AvgIpc) is 3.02. The topological polar surface area (TPSA) is 85.2 Å². The van der Waals surface area contributed by atoms with E-state index in [1.807, 2.05) is 37.4 Å². The van der Waals surface area contributed by atoms with E-state index in [0.717, 1.165) is 43.8 Å². The maximum atomic E-state index is 11.9. The lowest BCUT2D eigenvalue weighted by Crippen LogP contribution is -2.45. The van der Waals surface area contributed by atoms with Gasteiger partial charge in [0.1, 0.15) is 11.2 Å². The number of rotatable bonds is 4. The molecule has 0 spiro atoms. The highest BCUT2D eigenvalue weighted by atomic mass is 16.6. The zero-order valence-corrected chi connectivity index (χ0v) is 16.9. The van der Waals surface area contributed by atoms with Gasteiger partial charge < -0.3 is 19.2 Å². The van der Waals surface area contributed by atoms with Gasteiger partial charge in [0, 0.05) is 38.1 Å². The molecule has 0 aromatic carbocycles. The van der Waals surface area contributed by atoms with Crippen LogP contribution in [0.5, 0.6) is 0 Å². The number of nitrogens with one attached hydrogen (secondary N) is 1. The molecular weight excluding hydrogens is 360 g/mol. The maximum Gasteiger partial charge on any atom is 0.407 e. The van der Waals surface area contributed by atoms with Gasteiger partial charge in [-0.1, -0.05) is 0 Å². The van der Waals surface area contributed by atoms with Crippen molar-refractivity contribution in [2.24, 2.45) is 0 Å². The Balaban J connectivity index is 1.53. The number of alkyl carbamates (subject to hydrolysis) is 1. The van der Waals surface area contributed by atoms with Crippen molar-refractivity contribution in [2.45, 2.75) is 51.8 Å². The van der Waals surface area contributed by atoms with Gasteiger partial charge in [-0.3, -0.25) is 4.90 Å². The van der Waals surface area contributed by atoms with E-state index in [-0.39, 0.29) is 18.1 Å². The lowest BCUT2D eigenvalue weighted by atomic mass is 10.1. The third kappa shape index (κ3) is 5.22. The van der Waals surface area contributed by atoms with E-state index in [1.165, 1.54) is 7.11 Å². The van der Waals surface area contributed by atoms with E-state index in [1.54, 1.807) is 12.3 Å². The van der Waals surface area contributed by atoms with Crippen LogP contribution < -0.4 is 5.32 Å². The highest BCUT2D eigenvalue weighted by molar-refractivity contribution is 5.89. The molecule has 8 heteroatoms. The van der Waals surface area contributed by atoms with Crippen LogP contribution in [0.3, 0.4) is 0 Å². The second kappa shape index (κ2) is 8.18. The van der Waals surface area contributed by atoms with Crippen molar-refractivity contribution in [3.63, 3.8) is 0 Å². The average molecular weight is 388 g/mol. The number of esters is 1. The lowest BCUT2D eigenvalue weighted by molar-refractivity contribution is 0.0476. The van der Waals surface area contributed by atoms with Gasteiger partial charge >= 0.3 is 12.1 Å². The predicted molar refractivity (Wildman–Crippen MR) is 104 cm³/mol. The molecule has 1 aliphatic rings. The van der Waals surface area contributed by atoms with Gasteiger partial charge in [-0.05, 0) is 45.7 Å². The van der Waals surface area contributed by atoms with Crippen molar-refractivity contribution in [2.75, 3.05) is 20.2 Å². The van der Waals surface area contributed by atoms with Gasteiger partial charge in [-0.25, -0.2) is 14.6 Å². The summed E-state index contributed by atoms with van der Waals surface area (Å²) in [5.74, 6) is -0.364. The molecule has 0 saturated carbocycles. The molecule has 152 valence electrons. The highest BCUT2D eigenvalue weighted by Gasteiger charge is 2.24. The van der Waals surface area contributed by atoms with Crippen LogP contribution in [-0.2, 0) is 16.0 Å². The van der Waals surface area contributed by atoms with Gasteiger partial charge in [0.05, 0.1) is 18.4 Å². The molecule has 8 nitrogen and oxygen atoms in total. The van der Waals surface area contributed by atoms with Crippen molar-refractivity contribution in [3.8, 4) is 0 Å². The molecule has 2 aromatic rings. The molecule has 0 atom stereocenters. The number of pyridine rings is 1. The van der Waals surface area contributed by atoms with Crippen molar-refractivity contribution in [1.82, 2.24) is 19.6 Å². The number of nitrogens with zero attached hydrogens (tertiary/aromatic N) is 3. The zero-order chi connectivity index (χ0) is 20.3. The first kappa shape index (κ1) is 20.1. The van der Waals surface area contributed by atoms with Gasteiger partial charge in [0.2, 0.25) is 0 Å². The SMILES string of the molecule is COC(=O)c1ccc2nc(CN3CCC(NC(=O)OC(C)(C)C)CC3)cn2c1. The summed E-state index contributed by atoms with van der Waals surface area (Å²) < 4.78 is 11.9. The Hall–Kier alpha value is -2.61. The molecule has 3 heterocycles. The van der Waals surface area contributed by atoms with E-state index in [0.29, 0.717) is 5.56 Å². The molecule has 28 heavy (non-hydrogen) atoms. The Labute approximate surface area is 164 Å². The second-order valence-corrected chi connectivity index (χ2v) is 8.10. The number of piperidine rings is 1. The number of methoxy groups -OCH3 is 1. The van der Waals surface area contributed by atoms with Crippen molar-refractivity contribution in [3.05, 3.63) is 35.8 Å². The first-order valence-corrected chi connectivity index (χ1v) is 9.51. The third-order valence-electron chi connectivity index (χ3n) is 4.62.